The Hall–Kier alpha value is -2.69. The van der Waals surface area contributed by atoms with Crippen molar-refractivity contribution in [2.24, 2.45) is 0 Å². The maximum absolute atomic E-state index is 13.4. The fraction of sp³-hybridized carbons (Fsp3) is 0.381. The van der Waals surface area contributed by atoms with Crippen LogP contribution in [0.3, 0.4) is 0 Å². The monoisotopic (exact) mass is 452 g/mol. The van der Waals surface area contributed by atoms with Gasteiger partial charge in [-0.15, -0.1) is 0 Å². The fourth-order valence-corrected chi connectivity index (χ4v) is 5.52. The van der Waals surface area contributed by atoms with Crippen molar-refractivity contribution in [2.45, 2.75) is 30.6 Å². The molecule has 0 unspecified atom stereocenters. The first-order chi connectivity index (χ1) is 14.8. The number of rotatable bonds is 8. The first-order valence-electron chi connectivity index (χ1n) is 9.82. The summed E-state index contributed by atoms with van der Waals surface area (Å²) in [5.41, 5.74) is 1.98. The van der Waals surface area contributed by atoms with Crippen molar-refractivity contribution < 1.29 is 32.3 Å². The first-order valence-corrected chi connectivity index (χ1v) is 11.3. The van der Waals surface area contributed by atoms with Crippen molar-refractivity contribution >= 4 is 15.9 Å². The average Bonchev–Trinajstić information content (AvgIpc) is 2.79. The lowest BCUT2D eigenvalue weighted by Gasteiger charge is -2.34. The van der Waals surface area contributed by atoms with Crippen molar-refractivity contribution in [3.63, 3.8) is 0 Å². The maximum atomic E-state index is 13.4. The van der Waals surface area contributed by atoms with Crippen LogP contribution in [0.25, 0.3) is 0 Å². The number of amides is 1. The van der Waals surface area contributed by atoms with Gasteiger partial charge in [0.25, 0.3) is 0 Å². The summed E-state index contributed by atoms with van der Waals surface area (Å²) in [5, 5.41) is 7.77. The molecule has 1 amide bonds. The number of halogens is 1. The van der Waals surface area contributed by atoms with E-state index < -0.39 is 33.4 Å². The van der Waals surface area contributed by atoms with E-state index in [1.54, 1.807) is 30.3 Å². The van der Waals surface area contributed by atoms with E-state index in [0.717, 1.165) is 0 Å². The van der Waals surface area contributed by atoms with E-state index in [4.69, 9.17) is 14.7 Å². The van der Waals surface area contributed by atoms with Crippen LogP contribution in [-0.4, -0.2) is 50.1 Å². The number of carbonyl (C=O) groups is 1. The number of hydrogen-bond acceptors (Lipinski definition) is 6. The van der Waals surface area contributed by atoms with Crippen LogP contribution < -0.4 is 15.0 Å². The van der Waals surface area contributed by atoms with Gasteiger partial charge in [-0.2, -0.15) is 0 Å². The minimum absolute atomic E-state index is 0.209. The lowest BCUT2D eigenvalue weighted by Crippen LogP contribution is -2.44. The van der Waals surface area contributed by atoms with Gasteiger partial charge in [-0.05, 0) is 30.5 Å². The molecule has 0 bridgehead atoms. The van der Waals surface area contributed by atoms with E-state index in [1.165, 1.54) is 35.1 Å². The number of methoxy groups -OCH3 is 1. The highest BCUT2D eigenvalue weighted by molar-refractivity contribution is 7.89. The zero-order chi connectivity index (χ0) is 22.4. The molecule has 0 aliphatic carbocycles. The summed E-state index contributed by atoms with van der Waals surface area (Å²) < 4.78 is 52.4. The van der Waals surface area contributed by atoms with E-state index in [1.807, 2.05) is 0 Å². The minimum atomic E-state index is -3.87. The molecule has 8 nitrogen and oxygen atoms in total. The Morgan fingerprint density at radius 1 is 1.19 bits per heavy atom. The molecule has 1 atom stereocenters. The third-order valence-electron chi connectivity index (χ3n) is 5.21. The van der Waals surface area contributed by atoms with Crippen molar-refractivity contribution in [1.82, 2.24) is 9.79 Å². The van der Waals surface area contributed by atoms with Gasteiger partial charge in [0, 0.05) is 19.2 Å². The number of sulfonamides is 1. The highest BCUT2D eigenvalue weighted by atomic mass is 32.2. The summed E-state index contributed by atoms with van der Waals surface area (Å²) in [6.07, 6.45) is 0.189. The Bertz CT molecular complexity index is 994. The van der Waals surface area contributed by atoms with Crippen molar-refractivity contribution in [1.29, 1.82) is 0 Å². The number of hydrogen-bond donors (Lipinski definition) is 2. The Morgan fingerprint density at radius 3 is 2.48 bits per heavy atom. The molecule has 1 heterocycles. The molecular formula is C21H25FN2O6S. The van der Waals surface area contributed by atoms with E-state index in [9.17, 15) is 17.6 Å². The van der Waals surface area contributed by atoms with Crippen LogP contribution in [0.2, 0.25) is 0 Å². The molecular weight excluding hydrogens is 427 g/mol. The second-order valence-corrected chi connectivity index (χ2v) is 9.31. The molecule has 1 aliphatic heterocycles. The van der Waals surface area contributed by atoms with Gasteiger partial charge in [-0.3, -0.25) is 10.0 Å². The van der Waals surface area contributed by atoms with Crippen molar-refractivity contribution in [3.05, 3.63) is 59.9 Å². The third kappa shape index (κ3) is 5.52. The zero-order valence-electron chi connectivity index (χ0n) is 17.0. The van der Waals surface area contributed by atoms with E-state index in [-0.39, 0.29) is 24.9 Å². The normalized spacial score (nSPS) is 16.5. The number of nitrogens with one attached hydrogen (secondary N) is 1. The van der Waals surface area contributed by atoms with Crippen LogP contribution >= 0.6 is 0 Å². The Balaban J connectivity index is 1.71. The molecule has 10 heteroatoms. The third-order valence-corrected chi connectivity index (χ3v) is 7.45. The van der Waals surface area contributed by atoms with Crippen LogP contribution in [0.5, 0.6) is 11.5 Å². The van der Waals surface area contributed by atoms with Crippen LogP contribution in [0.15, 0.2) is 48.5 Å². The van der Waals surface area contributed by atoms with E-state index in [0.29, 0.717) is 24.2 Å². The average molecular weight is 453 g/mol. The SMILES string of the molecule is COc1cc(F)ccc1OC1CCN(S(=O)(=O)[C@H](CC(=O)NO)c2ccccc2)CC1. The van der Waals surface area contributed by atoms with E-state index in [2.05, 4.69) is 0 Å². The molecule has 0 aromatic heterocycles. The Kier molecular flexibility index (Phi) is 7.47. The molecule has 168 valence electrons. The highest BCUT2D eigenvalue weighted by Gasteiger charge is 2.37. The standard InChI is InChI=1S/C21H25FN2O6S/c1-29-19-13-16(22)7-8-18(19)30-17-9-11-24(12-10-17)31(27,28)20(14-21(25)23-26)15-5-3-2-4-6-15/h2-8,13,17,20,26H,9-12,14H2,1H3,(H,23,25)/t20-/m1/s1. The van der Waals surface area contributed by atoms with Crippen molar-refractivity contribution in [2.75, 3.05) is 20.2 Å². The summed E-state index contributed by atoms with van der Waals surface area (Å²) >= 11 is 0. The zero-order valence-corrected chi connectivity index (χ0v) is 17.8. The summed E-state index contributed by atoms with van der Waals surface area (Å²) in [4.78, 5) is 11.8. The van der Waals surface area contributed by atoms with Gasteiger partial charge < -0.3 is 9.47 Å². The van der Waals surface area contributed by atoms with Gasteiger partial charge in [0.15, 0.2) is 11.5 Å². The van der Waals surface area contributed by atoms with Crippen LogP contribution in [0.4, 0.5) is 4.39 Å². The predicted molar refractivity (Wildman–Crippen MR) is 111 cm³/mol. The van der Waals surface area contributed by atoms with Crippen LogP contribution in [0.1, 0.15) is 30.1 Å². The van der Waals surface area contributed by atoms with Gasteiger partial charge in [-0.25, -0.2) is 22.6 Å². The number of ether oxygens (including phenoxy) is 2. The van der Waals surface area contributed by atoms with Gasteiger partial charge in [0.1, 0.15) is 17.2 Å². The molecule has 1 aliphatic rings. The number of nitrogens with zero attached hydrogens (tertiary/aromatic N) is 1. The molecule has 0 saturated carbocycles. The number of hydroxylamine groups is 1. The van der Waals surface area contributed by atoms with Crippen LogP contribution in [-0.2, 0) is 14.8 Å². The Labute approximate surface area is 180 Å². The summed E-state index contributed by atoms with van der Waals surface area (Å²) in [6, 6.07) is 12.4. The molecule has 2 N–H and O–H groups in total. The van der Waals surface area contributed by atoms with Crippen LogP contribution in [0, 0.1) is 5.82 Å². The van der Waals surface area contributed by atoms with Gasteiger partial charge in [0.05, 0.1) is 13.5 Å². The molecule has 1 saturated heterocycles. The number of piperidine rings is 1. The quantitative estimate of drug-likeness (QED) is 0.471. The second-order valence-electron chi connectivity index (χ2n) is 7.19. The molecule has 0 spiro atoms. The molecule has 2 aromatic rings. The molecule has 3 rings (SSSR count). The van der Waals surface area contributed by atoms with Crippen molar-refractivity contribution in [3.8, 4) is 11.5 Å². The first kappa shape index (κ1) is 23.0. The topological polar surface area (TPSA) is 105 Å². The fourth-order valence-electron chi connectivity index (χ4n) is 3.58. The lowest BCUT2D eigenvalue weighted by molar-refractivity contribution is -0.129. The minimum Gasteiger partial charge on any atom is -0.493 e. The summed E-state index contributed by atoms with van der Waals surface area (Å²) in [6.45, 7) is 0.418. The molecule has 2 aromatic carbocycles. The van der Waals surface area contributed by atoms with Gasteiger partial charge in [-0.1, -0.05) is 30.3 Å². The van der Waals surface area contributed by atoms with Gasteiger partial charge in [0.2, 0.25) is 15.9 Å². The molecule has 31 heavy (non-hydrogen) atoms. The van der Waals surface area contributed by atoms with E-state index >= 15 is 0 Å². The Morgan fingerprint density at radius 2 is 1.87 bits per heavy atom. The molecule has 0 radical (unpaired) electrons. The highest BCUT2D eigenvalue weighted by Crippen LogP contribution is 2.33. The number of carbonyl (C=O) groups excluding carboxylic acids is 1. The smallest absolute Gasteiger partial charge is 0.245 e. The van der Waals surface area contributed by atoms with Gasteiger partial charge >= 0.3 is 0 Å². The largest absolute Gasteiger partial charge is 0.493 e. The lowest BCUT2D eigenvalue weighted by atomic mass is 10.1. The predicted octanol–water partition coefficient (Wildman–Crippen LogP) is 2.64. The second kappa shape index (κ2) is 10.1. The summed E-state index contributed by atoms with van der Waals surface area (Å²) in [5.74, 6) is -0.552. The molecule has 1 fully saturated rings. The number of benzene rings is 2. The maximum Gasteiger partial charge on any atom is 0.245 e. The summed E-state index contributed by atoms with van der Waals surface area (Å²) in [7, 11) is -2.45.